The number of pyridine rings is 1. The molecule has 0 saturated heterocycles. The van der Waals surface area contributed by atoms with Crippen molar-refractivity contribution in [3.05, 3.63) is 53.9 Å². The Bertz CT molecular complexity index is 1060. The van der Waals surface area contributed by atoms with Crippen molar-refractivity contribution in [3.63, 3.8) is 0 Å². The highest BCUT2D eigenvalue weighted by Crippen LogP contribution is 2.32. The molecule has 1 aromatic carbocycles. The molecule has 214 valence electrons. The van der Waals surface area contributed by atoms with E-state index in [0.717, 1.165) is 18.4 Å². The molecule has 1 aromatic heterocycles. The van der Waals surface area contributed by atoms with E-state index in [1.165, 1.54) is 19.4 Å². The van der Waals surface area contributed by atoms with Crippen LogP contribution in [-0.2, 0) is 23.8 Å². The molecule has 0 bridgehead atoms. The fourth-order valence-electron chi connectivity index (χ4n) is 4.04. The molecule has 0 aliphatic carbocycles. The summed E-state index contributed by atoms with van der Waals surface area (Å²) < 4.78 is 26.7. The molecule has 0 unspecified atom stereocenters. The molecule has 0 spiro atoms. The van der Waals surface area contributed by atoms with Gasteiger partial charge in [0.15, 0.2) is 23.0 Å². The van der Waals surface area contributed by atoms with Crippen LogP contribution in [0.2, 0.25) is 0 Å². The zero-order valence-electron chi connectivity index (χ0n) is 23.8. The van der Waals surface area contributed by atoms with Gasteiger partial charge in [-0.1, -0.05) is 57.5 Å². The predicted octanol–water partition coefficient (Wildman–Crippen LogP) is 5.37. The summed E-state index contributed by atoms with van der Waals surface area (Å²) in [4.78, 5) is 42.0. The first-order valence-corrected chi connectivity index (χ1v) is 13.4. The first kappa shape index (κ1) is 31.8. The minimum Gasteiger partial charge on any atom is -0.493 e. The summed E-state index contributed by atoms with van der Waals surface area (Å²) in [6.45, 7) is 9.34. The maximum Gasteiger partial charge on any atom is 0.334 e. The number of esters is 2. The van der Waals surface area contributed by atoms with E-state index in [2.05, 4.69) is 18.8 Å². The van der Waals surface area contributed by atoms with Gasteiger partial charge < -0.3 is 23.7 Å². The number of nitrogens with zero attached hydrogens (tertiary/aromatic N) is 1. The summed E-state index contributed by atoms with van der Waals surface area (Å²) in [5.41, 5.74) is 1.09. The second-order valence-electron chi connectivity index (χ2n) is 9.77. The van der Waals surface area contributed by atoms with E-state index in [1.54, 1.807) is 13.8 Å². The van der Waals surface area contributed by atoms with Crippen molar-refractivity contribution in [2.24, 2.45) is 11.8 Å². The summed E-state index contributed by atoms with van der Waals surface area (Å²) in [6, 6.07) is 11.5. The van der Waals surface area contributed by atoms with E-state index in [4.69, 9.17) is 23.7 Å². The van der Waals surface area contributed by atoms with Crippen LogP contribution in [0.1, 0.15) is 75.9 Å². The van der Waals surface area contributed by atoms with Crippen molar-refractivity contribution < 1.29 is 38.1 Å². The molecule has 2 aromatic rings. The maximum atomic E-state index is 13.2. The second-order valence-corrected chi connectivity index (χ2v) is 9.77. The molecule has 39 heavy (non-hydrogen) atoms. The van der Waals surface area contributed by atoms with Gasteiger partial charge in [0.2, 0.25) is 6.79 Å². The Morgan fingerprint density at radius 3 is 2.33 bits per heavy atom. The van der Waals surface area contributed by atoms with Gasteiger partial charge in [-0.2, -0.15) is 0 Å². The minimum atomic E-state index is -0.716. The topological polar surface area (TPSA) is 110 Å². The molecule has 9 heteroatoms. The van der Waals surface area contributed by atoms with Crippen LogP contribution in [0.25, 0.3) is 0 Å². The molecule has 0 aliphatic heterocycles. The van der Waals surface area contributed by atoms with E-state index in [9.17, 15) is 14.4 Å². The third kappa shape index (κ3) is 10.3. The largest absolute Gasteiger partial charge is 0.493 e. The van der Waals surface area contributed by atoms with Crippen LogP contribution in [-0.4, -0.2) is 55.9 Å². The number of methoxy groups -OCH3 is 1. The van der Waals surface area contributed by atoms with Crippen molar-refractivity contribution in [1.29, 1.82) is 0 Å². The Hall–Kier alpha value is -3.46. The molecule has 0 fully saturated rings. The molecule has 0 saturated carbocycles. The van der Waals surface area contributed by atoms with Crippen molar-refractivity contribution >= 4 is 17.7 Å². The molecule has 2 rings (SSSR count). The highest BCUT2D eigenvalue weighted by Gasteiger charge is 2.28. The van der Waals surface area contributed by atoms with Gasteiger partial charge in [0.05, 0.1) is 13.0 Å². The minimum absolute atomic E-state index is 0.0259. The molecule has 9 nitrogen and oxygen atoms in total. The monoisotopic (exact) mass is 543 g/mol. The molecule has 0 aliphatic rings. The molecule has 0 radical (unpaired) electrons. The molecule has 1 heterocycles. The van der Waals surface area contributed by atoms with Crippen LogP contribution in [0.3, 0.4) is 0 Å². The first-order valence-electron chi connectivity index (χ1n) is 13.4. The summed E-state index contributed by atoms with van der Waals surface area (Å²) in [6.07, 6.45) is 2.78. The number of rotatable bonds is 17. The maximum absolute atomic E-state index is 13.2. The smallest absolute Gasteiger partial charge is 0.334 e. The fraction of sp³-hybridized carbons (Fsp3) is 0.533. The average molecular weight is 544 g/mol. The second kappa shape index (κ2) is 16.5. The number of carbonyl (C=O) groups is 3. The standard InChI is InChI=1S/C30H41NO8/c1-7-36-18-27(33)37-19-38-29-26(35-6)15-16-31-28(29)25(32)17-21(4)30(34)39-22(5)24(14-13-20(2)3)23-11-9-8-10-12-23/h8-12,15-16,20-22,24H,7,13-14,17-19H2,1-6H3/t21-,22+,24+/m1/s1. The van der Waals surface area contributed by atoms with E-state index >= 15 is 0 Å². The third-order valence-electron chi connectivity index (χ3n) is 6.25. The molecular formula is C30H41NO8. The highest BCUT2D eigenvalue weighted by atomic mass is 16.7. The number of carbonyl (C=O) groups excluding carboxylic acids is 3. The van der Waals surface area contributed by atoms with E-state index < -0.39 is 30.4 Å². The number of ketones is 1. The molecule has 3 atom stereocenters. The van der Waals surface area contributed by atoms with Crippen LogP contribution >= 0.6 is 0 Å². The van der Waals surface area contributed by atoms with Gasteiger partial charge in [-0.25, -0.2) is 9.78 Å². The summed E-state index contributed by atoms with van der Waals surface area (Å²) in [5, 5.41) is 0. The van der Waals surface area contributed by atoms with Gasteiger partial charge >= 0.3 is 11.9 Å². The number of hydrogen-bond acceptors (Lipinski definition) is 9. The van der Waals surface area contributed by atoms with Crippen molar-refractivity contribution in [2.75, 3.05) is 27.1 Å². The van der Waals surface area contributed by atoms with E-state index in [-0.39, 0.29) is 42.2 Å². The number of Topliss-reactive ketones (excluding diaryl/α,β-unsaturated/α-hetero) is 1. The lowest BCUT2D eigenvalue weighted by Gasteiger charge is -2.26. The summed E-state index contributed by atoms with van der Waals surface area (Å²) in [7, 11) is 1.42. The zero-order valence-corrected chi connectivity index (χ0v) is 23.8. The number of aromatic nitrogens is 1. The Kier molecular flexibility index (Phi) is 13.4. The zero-order chi connectivity index (χ0) is 28.8. The SMILES string of the molecule is CCOCC(=O)OCOc1c(OC)ccnc1C(=O)C[C@@H](C)C(=O)O[C@@H](C)[C@H](CCC(C)C)c1ccccc1. The fourth-order valence-corrected chi connectivity index (χ4v) is 4.04. The number of benzene rings is 1. The Morgan fingerprint density at radius 2 is 1.69 bits per heavy atom. The third-order valence-corrected chi connectivity index (χ3v) is 6.25. The molecule has 0 N–H and O–H groups in total. The normalized spacial score (nSPS) is 13.3. The first-order chi connectivity index (χ1) is 18.7. The molecular weight excluding hydrogens is 502 g/mol. The molecule has 0 amide bonds. The van der Waals surface area contributed by atoms with Crippen LogP contribution in [0.5, 0.6) is 11.5 Å². The van der Waals surface area contributed by atoms with Gasteiger partial charge in [-0.3, -0.25) is 9.59 Å². The van der Waals surface area contributed by atoms with Gasteiger partial charge in [-0.05, 0) is 31.7 Å². The lowest BCUT2D eigenvalue weighted by Crippen LogP contribution is -2.27. The summed E-state index contributed by atoms with van der Waals surface area (Å²) in [5.74, 6) is -1.37. The van der Waals surface area contributed by atoms with Crippen molar-refractivity contribution in [2.45, 2.75) is 65.9 Å². The Morgan fingerprint density at radius 1 is 0.974 bits per heavy atom. The Labute approximate surface area is 231 Å². The van der Waals surface area contributed by atoms with Crippen LogP contribution in [0, 0.1) is 11.8 Å². The van der Waals surface area contributed by atoms with E-state index in [0.29, 0.717) is 12.5 Å². The Balaban J connectivity index is 2.06. The average Bonchev–Trinajstić information content (AvgIpc) is 2.92. The predicted molar refractivity (Wildman–Crippen MR) is 146 cm³/mol. The van der Waals surface area contributed by atoms with Crippen LogP contribution in [0.15, 0.2) is 42.6 Å². The van der Waals surface area contributed by atoms with Gasteiger partial charge in [0.1, 0.15) is 12.7 Å². The highest BCUT2D eigenvalue weighted by molar-refractivity contribution is 5.99. The van der Waals surface area contributed by atoms with Gasteiger partial charge in [0.25, 0.3) is 0 Å². The lowest BCUT2D eigenvalue weighted by molar-refractivity contribution is -0.155. The van der Waals surface area contributed by atoms with Crippen molar-refractivity contribution in [1.82, 2.24) is 4.98 Å². The van der Waals surface area contributed by atoms with E-state index in [1.807, 2.05) is 37.3 Å². The van der Waals surface area contributed by atoms with Crippen molar-refractivity contribution in [3.8, 4) is 11.5 Å². The van der Waals surface area contributed by atoms with Gasteiger partial charge in [-0.15, -0.1) is 0 Å². The van der Waals surface area contributed by atoms with Gasteiger partial charge in [0, 0.05) is 31.2 Å². The van der Waals surface area contributed by atoms with Crippen LogP contribution < -0.4 is 9.47 Å². The quantitative estimate of drug-likeness (QED) is 0.148. The van der Waals surface area contributed by atoms with Crippen LogP contribution in [0.4, 0.5) is 0 Å². The number of ether oxygens (including phenoxy) is 5. The number of hydrogen-bond donors (Lipinski definition) is 0. The summed E-state index contributed by atoms with van der Waals surface area (Å²) >= 11 is 0. The lowest BCUT2D eigenvalue weighted by atomic mass is 9.87.